The summed E-state index contributed by atoms with van der Waals surface area (Å²) in [7, 11) is 0. The SMILES string of the molecule is c1cc(Cc2ccc(N(CC3CO3)CC3CO3)cc2)cc(Cc2ccc(N(CC3CO3)CC3CO3)cc2)c1. The predicted molar refractivity (Wildman–Crippen MR) is 148 cm³/mol. The Morgan fingerprint density at radius 1 is 0.474 bits per heavy atom. The highest BCUT2D eigenvalue weighted by molar-refractivity contribution is 5.50. The number of hydrogen-bond acceptors (Lipinski definition) is 6. The molecular weight excluding hydrogens is 476 g/mol. The molecule has 4 fully saturated rings. The molecule has 4 heterocycles. The molecule has 4 atom stereocenters. The molecule has 6 heteroatoms. The Labute approximate surface area is 225 Å². The predicted octanol–water partition coefficient (Wildman–Crippen LogP) is 4.08. The molecule has 7 rings (SSSR count). The van der Waals surface area contributed by atoms with E-state index in [0.29, 0.717) is 24.4 Å². The molecule has 4 saturated heterocycles. The van der Waals surface area contributed by atoms with Crippen LogP contribution in [0.3, 0.4) is 0 Å². The molecule has 4 unspecified atom stereocenters. The minimum Gasteiger partial charge on any atom is -0.371 e. The highest BCUT2D eigenvalue weighted by atomic mass is 16.6. The number of anilines is 2. The molecule has 0 N–H and O–H groups in total. The van der Waals surface area contributed by atoms with Gasteiger partial charge in [0, 0.05) is 37.6 Å². The van der Waals surface area contributed by atoms with Crippen LogP contribution >= 0.6 is 0 Å². The molecule has 3 aromatic rings. The molecule has 0 saturated carbocycles. The summed E-state index contributed by atoms with van der Waals surface area (Å²) in [5.74, 6) is 0. The summed E-state index contributed by atoms with van der Waals surface area (Å²) < 4.78 is 21.9. The Morgan fingerprint density at radius 3 is 1.13 bits per heavy atom. The number of hydrogen-bond donors (Lipinski definition) is 0. The molecule has 0 aliphatic carbocycles. The molecule has 0 spiro atoms. The van der Waals surface area contributed by atoms with E-state index < -0.39 is 0 Å². The second-order valence-electron chi connectivity index (χ2n) is 11.1. The molecule has 0 amide bonds. The molecule has 6 nitrogen and oxygen atoms in total. The van der Waals surface area contributed by atoms with Crippen molar-refractivity contribution in [3.63, 3.8) is 0 Å². The highest BCUT2D eigenvalue weighted by Crippen LogP contribution is 2.25. The van der Waals surface area contributed by atoms with Gasteiger partial charge < -0.3 is 28.7 Å². The molecular formula is C32H36N2O4. The van der Waals surface area contributed by atoms with Crippen molar-refractivity contribution < 1.29 is 18.9 Å². The van der Waals surface area contributed by atoms with E-state index in [1.807, 2.05) is 0 Å². The van der Waals surface area contributed by atoms with Crippen LogP contribution in [0.25, 0.3) is 0 Å². The van der Waals surface area contributed by atoms with E-state index in [1.165, 1.54) is 33.6 Å². The summed E-state index contributed by atoms with van der Waals surface area (Å²) in [5.41, 5.74) is 7.87. The summed E-state index contributed by atoms with van der Waals surface area (Å²) in [6.45, 7) is 7.31. The van der Waals surface area contributed by atoms with Crippen LogP contribution in [0.5, 0.6) is 0 Å². The Morgan fingerprint density at radius 2 is 0.816 bits per heavy atom. The molecule has 4 aliphatic rings. The zero-order valence-electron chi connectivity index (χ0n) is 21.8. The van der Waals surface area contributed by atoms with Gasteiger partial charge in [-0.05, 0) is 59.4 Å². The van der Waals surface area contributed by atoms with Gasteiger partial charge >= 0.3 is 0 Å². The summed E-state index contributed by atoms with van der Waals surface area (Å²) >= 11 is 0. The van der Waals surface area contributed by atoms with Crippen molar-refractivity contribution in [2.45, 2.75) is 37.3 Å². The Balaban J connectivity index is 0.972. The second-order valence-corrected chi connectivity index (χ2v) is 11.1. The maximum atomic E-state index is 5.47. The van der Waals surface area contributed by atoms with Crippen molar-refractivity contribution >= 4 is 11.4 Å². The van der Waals surface area contributed by atoms with E-state index in [9.17, 15) is 0 Å². The summed E-state index contributed by atoms with van der Waals surface area (Å²) in [5, 5.41) is 0. The van der Waals surface area contributed by atoms with Crippen LogP contribution in [0.2, 0.25) is 0 Å². The maximum Gasteiger partial charge on any atom is 0.0984 e. The van der Waals surface area contributed by atoms with Crippen LogP contribution in [0, 0.1) is 0 Å². The van der Waals surface area contributed by atoms with E-state index in [2.05, 4.69) is 82.6 Å². The fraction of sp³-hybridized carbons (Fsp3) is 0.438. The van der Waals surface area contributed by atoms with E-state index in [-0.39, 0.29) is 0 Å². The van der Waals surface area contributed by atoms with E-state index in [4.69, 9.17) is 18.9 Å². The smallest absolute Gasteiger partial charge is 0.0984 e. The molecule has 3 aromatic carbocycles. The lowest BCUT2D eigenvalue weighted by Crippen LogP contribution is -2.31. The van der Waals surface area contributed by atoms with Gasteiger partial charge in [-0.1, -0.05) is 48.5 Å². The van der Waals surface area contributed by atoms with Crippen molar-refractivity contribution in [3.05, 3.63) is 95.1 Å². The van der Waals surface area contributed by atoms with Gasteiger partial charge in [0.25, 0.3) is 0 Å². The van der Waals surface area contributed by atoms with Gasteiger partial charge in [-0.3, -0.25) is 0 Å². The number of rotatable bonds is 14. The summed E-state index contributed by atoms with van der Waals surface area (Å²) in [6.07, 6.45) is 3.38. The minimum absolute atomic E-state index is 0.376. The second kappa shape index (κ2) is 10.7. The third-order valence-corrected chi connectivity index (χ3v) is 7.72. The zero-order valence-corrected chi connectivity index (χ0v) is 21.8. The molecule has 38 heavy (non-hydrogen) atoms. The fourth-order valence-corrected chi connectivity index (χ4v) is 5.22. The lowest BCUT2D eigenvalue weighted by atomic mass is 9.99. The molecule has 198 valence electrons. The standard InChI is InChI=1S/C32H36N2O4/c1-2-25(12-23-4-8-27(9-5-23)33(15-29-19-35-29)16-30-20-36-30)14-26(3-1)13-24-6-10-28(11-7-24)34(17-31-21-37-31)18-32-22-38-32/h1-11,14,29-32H,12-13,15-22H2. The van der Waals surface area contributed by atoms with E-state index >= 15 is 0 Å². The summed E-state index contributed by atoms with van der Waals surface area (Å²) in [6, 6.07) is 27.1. The monoisotopic (exact) mass is 512 g/mol. The van der Waals surface area contributed by atoms with Crippen molar-refractivity contribution in [3.8, 4) is 0 Å². The normalized spacial score (nSPS) is 24.6. The highest BCUT2D eigenvalue weighted by Gasteiger charge is 2.32. The number of ether oxygens (including phenoxy) is 4. The quantitative estimate of drug-likeness (QED) is 0.304. The van der Waals surface area contributed by atoms with Crippen molar-refractivity contribution in [1.82, 2.24) is 0 Å². The summed E-state index contributed by atoms with van der Waals surface area (Å²) in [4.78, 5) is 4.81. The Bertz CT molecular complexity index is 1090. The van der Waals surface area contributed by atoms with Crippen LogP contribution in [-0.4, -0.2) is 77.0 Å². The zero-order chi connectivity index (χ0) is 25.3. The minimum atomic E-state index is 0.376. The lowest BCUT2D eigenvalue weighted by molar-refractivity contribution is 0.388. The first-order valence-corrected chi connectivity index (χ1v) is 14.0. The van der Waals surface area contributed by atoms with Gasteiger partial charge in [0.1, 0.15) is 0 Å². The van der Waals surface area contributed by atoms with Crippen LogP contribution in [0.4, 0.5) is 11.4 Å². The number of epoxide rings is 4. The average Bonchev–Trinajstić information content (AvgIpc) is 3.75. The third-order valence-electron chi connectivity index (χ3n) is 7.72. The largest absolute Gasteiger partial charge is 0.371 e. The molecule has 0 bridgehead atoms. The number of benzene rings is 3. The van der Waals surface area contributed by atoms with E-state index in [1.54, 1.807) is 0 Å². The van der Waals surface area contributed by atoms with Crippen LogP contribution in [-0.2, 0) is 31.8 Å². The van der Waals surface area contributed by atoms with Gasteiger partial charge in [0.15, 0.2) is 0 Å². The van der Waals surface area contributed by atoms with Crippen LogP contribution in [0.1, 0.15) is 22.3 Å². The maximum absolute atomic E-state index is 5.47. The Hall–Kier alpha value is -2.90. The van der Waals surface area contributed by atoms with Gasteiger partial charge in [-0.15, -0.1) is 0 Å². The lowest BCUT2D eigenvalue weighted by Gasteiger charge is -2.23. The van der Waals surface area contributed by atoms with Gasteiger partial charge in [0.2, 0.25) is 0 Å². The van der Waals surface area contributed by atoms with Gasteiger partial charge in [-0.25, -0.2) is 0 Å². The first kappa shape index (κ1) is 24.2. The fourth-order valence-electron chi connectivity index (χ4n) is 5.22. The third kappa shape index (κ3) is 6.75. The van der Waals surface area contributed by atoms with E-state index in [0.717, 1.165) is 65.4 Å². The van der Waals surface area contributed by atoms with Crippen molar-refractivity contribution in [2.75, 3.05) is 62.4 Å². The average molecular weight is 513 g/mol. The van der Waals surface area contributed by atoms with Crippen LogP contribution < -0.4 is 9.80 Å². The first-order chi connectivity index (χ1) is 18.7. The van der Waals surface area contributed by atoms with Crippen molar-refractivity contribution in [1.29, 1.82) is 0 Å². The van der Waals surface area contributed by atoms with Crippen molar-refractivity contribution in [2.24, 2.45) is 0 Å². The number of nitrogens with zero attached hydrogens (tertiary/aromatic N) is 2. The molecule has 0 radical (unpaired) electrons. The topological polar surface area (TPSA) is 56.6 Å². The van der Waals surface area contributed by atoms with Gasteiger partial charge in [0.05, 0.1) is 50.8 Å². The van der Waals surface area contributed by atoms with Gasteiger partial charge in [-0.2, -0.15) is 0 Å². The molecule has 0 aromatic heterocycles. The van der Waals surface area contributed by atoms with Crippen LogP contribution in [0.15, 0.2) is 72.8 Å². The first-order valence-electron chi connectivity index (χ1n) is 14.0. The Kier molecular flexibility index (Phi) is 6.80. The molecule has 4 aliphatic heterocycles.